The van der Waals surface area contributed by atoms with Crippen LogP contribution in [-0.4, -0.2) is 85.8 Å². The van der Waals surface area contributed by atoms with Gasteiger partial charge in [-0.1, -0.05) is 136 Å². The summed E-state index contributed by atoms with van der Waals surface area (Å²) in [4.78, 5) is 26.3. The fraction of sp³-hybridized carbons (Fsp3) is 0.564. The number of alkyl carbamates (subject to hydrolysis) is 1. The number of esters is 1. The number of carbonyl (C=O) groups is 2. The summed E-state index contributed by atoms with van der Waals surface area (Å²) in [5, 5.41) is 2.95. The van der Waals surface area contributed by atoms with E-state index in [0.717, 1.165) is 35.1 Å². The third kappa shape index (κ3) is 25.2. The van der Waals surface area contributed by atoms with E-state index < -0.39 is 41.9 Å². The van der Waals surface area contributed by atoms with Gasteiger partial charge in [-0.3, -0.25) is 0 Å². The van der Waals surface area contributed by atoms with Gasteiger partial charge in [0.1, 0.15) is 11.7 Å². The molecular weight excluding hydrogens is 879 g/mol. The van der Waals surface area contributed by atoms with E-state index in [1.807, 2.05) is 123 Å². The highest BCUT2D eigenvalue weighted by Gasteiger charge is 2.37. The molecular formula is C55H87NO9SSi. The molecule has 0 heterocycles. The number of methoxy groups -OCH3 is 2. The minimum Gasteiger partial charge on any atom is -0.454 e. The summed E-state index contributed by atoms with van der Waals surface area (Å²) in [5.41, 5.74) is 4.73. The second kappa shape index (κ2) is 29.1. The average Bonchev–Trinajstić information content (AvgIpc) is 3.23. The van der Waals surface area contributed by atoms with Crippen molar-refractivity contribution in [2.45, 2.75) is 163 Å². The normalized spacial score (nSPS) is 16.7. The van der Waals surface area contributed by atoms with Crippen molar-refractivity contribution in [1.29, 1.82) is 0 Å². The topological polar surface area (TPSA) is 126 Å². The van der Waals surface area contributed by atoms with Crippen LogP contribution in [0.4, 0.5) is 4.79 Å². The van der Waals surface area contributed by atoms with Crippen LogP contribution in [0.1, 0.15) is 115 Å². The van der Waals surface area contributed by atoms with Gasteiger partial charge in [-0.05, 0) is 123 Å². The molecule has 0 aliphatic rings. The minimum atomic E-state index is -3.44. The molecule has 0 saturated heterocycles. The molecule has 0 saturated carbocycles. The van der Waals surface area contributed by atoms with Crippen molar-refractivity contribution in [2.24, 2.45) is 11.8 Å². The number of benzene rings is 1. The Hall–Kier alpha value is -4.07. The van der Waals surface area contributed by atoms with Crippen molar-refractivity contribution in [1.82, 2.24) is 5.32 Å². The first-order chi connectivity index (χ1) is 31.0. The molecule has 0 radical (unpaired) electrons. The van der Waals surface area contributed by atoms with Crippen LogP contribution in [0, 0.1) is 18.8 Å². The Kier molecular flexibility index (Phi) is 26.4. The molecule has 12 heteroatoms. The number of nitrogens with one attached hydrogen (secondary N) is 1. The van der Waals surface area contributed by atoms with Gasteiger partial charge in [-0.15, -0.1) is 0 Å². The van der Waals surface area contributed by atoms with Crippen molar-refractivity contribution < 1.29 is 41.4 Å². The van der Waals surface area contributed by atoms with Gasteiger partial charge in [-0.25, -0.2) is 18.0 Å². The van der Waals surface area contributed by atoms with Crippen LogP contribution in [0.3, 0.4) is 0 Å². The molecule has 0 bridgehead atoms. The van der Waals surface area contributed by atoms with Gasteiger partial charge in [0, 0.05) is 32.3 Å². The summed E-state index contributed by atoms with van der Waals surface area (Å²) in [6.07, 6.45) is 22.2. The summed E-state index contributed by atoms with van der Waals surface area (Å²) in [6.45, 7) is 33.3. The van der Waals surface area contributed by atoms with Crippen molar-refractivity contribution >= 4 is 30.2 Å². The summed E-state index contributed by atoms with van der Waals surface area (Å²) >= 11 is 0. The summed E-state index contributed by atoms with van der Waals surface area (Å²) in [6, 6.07) is 6.88. The summed E-state index contributed by atoms with van der Waals surface area (Å²) in [5.74, 6) is -0.765. The Bertz CT molecular complexity index is 2070. The molecule has 1 amide bonds. The van der Waals surface area contributed by atoms with Gasteiger partial charge in [0.15, 0.2) is 18.2 Å². The highest BCUT2D eigenvalue weighted by Crippen LogP contribution is 2.36. The van der Waals surface area contributed by atoms with E-state index in [1.54, 1.807) is 45.4 Å². The molecule has 10 nitrogen and oxygen atoms in total. The maximum atomic E-state index is 13.7. The fourth-order valence-corrected chi connectivity index (χ4v) is 8.59. The predicted octanol–water partition coefficient (Wildman–Crippen LogP) is 13.1. The molecule has 1 N–H and O–H groups in total. The highest BCUT2D eigenvalue weighted by molar-refractivity contribution is 7.91. The summed E-state index contributed by atoms with van der Waals surface area (Å²) < 4.78 is 55.2. The van der Waals surface area contributed by atoms with Crippen molar-refractivity contribution in [3.05, 3.63) is 125 Å². The Morgan fingerprint density at radius 1 is 0.806 bits per heavy atom. The largest absolute Gasteiger partial charge is 0.454 e. The van der Waals surface area contributed by atoms with Gasteiger partial charge in [0.25, 0.3) is 0 Å². The average molecular weight is 966 g/mol. The van der Waals surface area contributed by atoms with Crippen LogP contribution in [-0.2, 0) is 38.0 Å². The number of carbonyl (C=O) groups excluding carboxylic acids is 2. The number of rotatable bonds is 26. The maximum absolute atomic E-state index is 13.7. The highest BCUT2D eigenvalue weighted by atomic mass is 32.2. The van der Waals surface area contributed by atoms with Crippen molar-refractivity contribution in [3.63, 3.8) is 0 Å². The number of hydrogen-bond donors (Lipinski definition) is 1. The third-order valence-electron chi connectivity index (χ3n) is 11.6. The molecule has 376 valence electrons. The first-order valence-corrected chi connectivity index (χ1v) is 28.1. The summed E-state index contributed by atoms with van der Waals surface area (Å²) in [7, 11) is -1.97. The zero-order chi connectivity index (χ0) is 51.2. The molecule has 1 aromatic rings. The number of hydrogen-bond acceptors (Lipinski definition) is 9. The van der Waals surface area contributed by atoms with Crippen LogP contribution in [0.5, 0.6) is 0 Å². The van der Waals surface area contributed by atoms with E-state index in [1.165, 1.54) is 5.57 Å². The van der Waals surface area contributed by atoms with Gasteiger partial charge in [0.2, 0.25) is 0 Å². The third-order valence-corrected chi connectivity index (χ3v) is 17.8. The van der Waals surface area contributed by atoms with Crippen LogP contribution in [0.2, 0.25) is 18.1 Å². The smallest absolute Gasteiger partial charge is 0.407 e. The van der Waals surface area contributed by atoms with Gasteiger partial charge >= 0.3 is 12.1 Å². The number of sulfone groups is 1. The minimum absolute atomic E-state index is 0.0362. The van der Waals surface area contributed by atoms with Gasteiger partial charge < -0.3 is 28.7 Å². The number of aryl methyl sites for hydroxylation is 1. The number of ether oxygens (including phenoxy) is 4. The van der Waals surface area contributed by atoms with E-state index in [4.69, 9.17) is 23.4 Å². The first kappa shape index (κ1) is 60.9. The van der Waals surface area contributed by atoms with E-state index >= 15 is 0 Å². The second-order valence-electron chi connectivity index (χ2n) is 20.4. The fourth-order valence-electron chi connectivity index (χ4n) is 6.24. The quantitative estimate of drug-likeness (QED) is 0.0317. The maximum Gasteiger partial charge on any atom is 0.407 e. The van der Waals surface area contributed by atoms with Crippen molar-refractivity contribution in [3.8, 4) is 0 Å². The Morgan fingerprint density at radius 2 is 1.42 bits per heavy atom. The monoisotopic (exact) mass is 966 g/mol. The second-order valence-corrected chi connectivity index (χ2v) is 27.3. The van der Waals surface area contributed by atoms with Gasteiger partial charge in [-0.2, -0.15) is 0 Å². The molecule has 1 aromatic carbocycles. The number of amides is 1. The Morgan fingerprint density at radius 3 is 2.00 bits per heavy atom. The SMILES string of the molecule is CO[C@H](/C=C/C=C/[C@H](C)[C@H](OC(=O)/C(C)=C/[C@H](C)/C=C/C(C)=C/[C@H](CCS(=O)(=O)c1ccc(C)cc1)OC)/C(C)=C/C=C(\C)CNC(=O)OC(C)(C)C)CC/C=C(/C)CO[Si](C)(C)C(C)(C)C. The lowest BCUT2D eigenvalue weighted by Crippen LogP contribution is -2.41. The lowest BCUT2D eigenvalue weighted by atomic mass is 9.96. The van der Waals surface area contributed by atoms with E-state index in [2.05, 4.69) is 52.2 Å². The zero-order valence-corrected chi connectivity index (χ0v) is 46.2. The van der Waals surface area contributed by atoms with Crippen LogP contribution in [0.25, 0.3) is 0 Å². The lowest BCUT2D eigenvalue weighted by Gasteiger charge is -2.36. The van der Waals surface area contributed by atoms with Crippen LogP contribution < -0.4 is 5.32 Å². The standard InChI is InChI=1S/C55H87NO9SSi/c1-40-29-32-50(33-30-40)66(59,60)35-34-49(62-16)37-42(3)27-26-41(2)36-47(8)52(57)64-51(46(7)31-28-43(4)38-56-53(58)65-54(9,10)11)45(6)23-19-20-24-48(61-15)25-21-22-44(5)39-63-67(17,18)55(12,13)14/h19-20,22-24,26-33,36-37,41,45,48-49,51H,21,25,34-35,38-39H2,1-18H3,(H,56,58)/b23-19+,24-20+,27-26+,42-37+,43-28+,44-22-,46-31+,47-36+/t41-,45+,48-,49+,51+/m1/s1. The lowest BCUT2D eigenvalue weighted by molar-refractivity contribution is -0.143. The molecule has 0 spiro atoms. The number of allylic oxidation sites excluding steroid dienone is 9. The molecule has 1 rings (SSSR count). The Labute approximate surface area is 407 Å². The molecule has 0 aliphatic carbocycles. The molecule has 0 fully saturated rings. The van der Waals surface area contributed by atoms with E-state index in [-0.39, 0.29) is 34.8 Å². The van der Waals surface area contributed by atoms with E-state index in [0.29, 0.717) is 30.0 Å². The Balaban J connectivity index is 3.18. The molecule has 0 aromatic heterocycles. The zero-order valence-electron chi connectivity index (χ0n) is 44.4. The van der Waals surface area contributed by atoms with Gasteiger partial charge in [0.05, 0.1) is 29.5 Å². The van der Waals surface area contributed by atoms with E-state index in [9.17, 15) is 18.0 Å². The van der Waals surface area contributed by atoms with Crippen molar-refractivity contribution in [2.75, 3.05) is 33.1 Å². The molecule has 0 unspecified atom stereocenters. The first-order valence-electron chi connectivity index (χ1n) is 23.6. The molecule has 5 atom stereocenters. The molecule has 0 aliphatic heterocycles. The van der Waals surface area contributed by atoms with Crippen LogP contribution >= 0.6 is 0 Å². The van der Waals surface area contributed by atoms with Crippen LogP contribution in [0.15, 0.2) is 124 Å². The predicted molar refractivity (Wildman–Crippen MR) is 280 cm³/mol. The molecule has 67 heavy (non-hydrogen) atoms.